The highest BCUT2D eigenvalue weighted by molar-refractivity contribution is 6.18. The Labute approximate surface area is 840 Å². The number of nitrogens with two attached hydrogens (primary N) is 3. The number of benzene rings is 9. The predicted octanol–water partition coefficient (Wildman–Crippen LogP) is 12.4. The van der Waals surface area contributed by atoms with Gasteiger partial charge in [-0.25, -0.2) is 29.7 Å². The number of aliphatic hydroxyl groups excluding tert-OH is 3. The van der Waals surface area contributed by atoms with E-state index in [9.17, 15) is 33.6 Å². The Morgan fingerprint density at radius 3 is 1.24 bits per heavy atom. The van der Waals surface area contributed by atoms with Crippen molar-refractivity contribution in [2.75, 3.05) is 147 Å². The zero-order valence-electron chi connectivity index (χ0n) is 82.5. The molecule has 37 heteroatoms. The minimum atomic E-state index is -0.498. The van der Waals surface area contributed by atoms with Crippen molar-refractivity contribution >= 4 is 147 Å². The Kier molecular flexibility index (Phi) is 40.8. The molecule has 5 amide bonds. The summed E-state index contributed by atoms with van der Waals surface area (Å²) < 4.78 is 16.9. The van der Waals surface area contributed by atoms with Gasteiger partial charge >= 0.3 is 6.09 Å². The number of aliphatic hydroxyl groups is 3. The van der Waals surface area contributed by atoms with Gasteiger partial charge in [0.1, 0.15) is 90.4 Å². The summed E-state index contributed by atoms with van der Waals surface area (Å²) >= 11 is 0. The molecule has 0 atom stereocenters. The average molecular weight is 1960 g/mol. The van der Waals surface area contributed by atoms with Gasteiger partial charge in [0.2, 0.25) is 29.6 Å². The van der Waals surface area contributed by atoms with Gasteiger partial charge in [0.15, 0.2) is 11.3 Å². The van der Waals surface area contributed by atoms with E-state index in [1.807, 2.05) is 280 Å². The smallest absolute Gasteiger partial charge is 0.407 e. The number of nitrogen functional groups attached to an aromatic ring is 2. The molecule has 145 heavy (non-hydrogen) atoms. The number of rotatable bonds is 32. The lowest BCUT2D eigenvalue weighted by Crippen LogP contribution is -2.28. The van der Waals surface area contributed by atoms with Crippen molar-refractivity contribution in [1.29, 1.82) is 0 Å². The van der Waals surface area contributed by atoms with E-state index in [0.29, 0.717) is 127 Å². The Balaban J connectivity index is 0.000000177. The number of likely N-dealkylation sites (N-methyl/N-ethyl adjacent to an activating group) is 8. The van der Waals surface area contributed by atoms with E-state index in [-0.39, 0.29) is 68.6 Å². The molecule has 4 aliphatic rings. The molecule has 12 N–H and O–H groups in total. The zero-order valence-corrected chi connectivity index (χ0v) is 82.5. The Bertz CT molecular complexity index is 6740. The lowest BCUT2D eigenvalue weighted by molar-refractivity contribution is -0.124. The van der Waals surface area contributed by atoms with Crippen molar-refractivity contribution in [2.24, 2.45) is 25.7 Å². The van der Waals surface area contributed by atoms with E-state index < -0.39 is 6.09 Å². The first-order chi connectivity index (χ1) is 70.1. The molecule has 37 nitrogen and oxygen atoms in total. The van der Waals surface area contributed by atoms with Crippen molar-refractivity contribution in [3.05, 3.63) is 334 Å². The minimum Gasteiger partial charge on any atom is -0.471 e. The largest absolute Gasteiger partial charge is 0.471 e. The van der Waals surface area contributed by atoms with Crippen LogP contribution in [0.5, 0.6) is 11.8 Å². The number of carbonyl (C=O) groups is 7. The second kappa shape index (κ2) is 54.9. The number of amides is 5. The number of aromatic nitrogens is 8. The van der Waals surface area contributed by atoms with Gasteiger partial charge < -0.3 is 86.5 Å². The number of nitrogens with zero attached hydrogens (tertiary/aromatic N) is 18. The van der Waals surface area contributed by atoms with E-state index in [1.54, 1.807) is 79.3 Å². The fourth-order valence-corrected chi connectivity index (χ4v) is 14.0. The fraction of sp³-hybridized carbons (Fsp3) is 0.231. The molecular weight excluding hydrogens is 1840 g/mol. The predicted molar refractivity (Wildman–Crippen MR) is 568 cm³/mol. The number of nitrogens with one attached hydrogen (secondary N) is 3. The number of H-pyrrole nitrogens is 2. The highest BCUT2D eigenvalue weighted by Crippen LogP contribution is 2.28. The minimum absolute atomic E-state index is 0.0797. The Morgan fingerprint density at radius 1 is 0.434 bits per heavy atom. The molecule has 750 valence electrons. The van der Waals surface area contributed by atoms with Gasteiger partial charge in [-0.15, -0.1) is 0 Å². The second-order valence-corrected chi connectivity index (χ2v) is 33.1. The van der Waals surface area contributed by atoms with E-state index >= 15 is 0 Å². The number of carbonyl (C=O) groups excluding carboxylic acids is 7. The lowest BCUT2D eigenvalue weighted by atomic mass is 10.1. The average Bonchev–Trinajstić information content (AvgIpc) is 1.72. The van der Waals surface area contributed by atoms with E-state index in [4.69, 9.17) is 46.7 Å². The number of hydrogen-bond donors (Lipinski definition) is 9. The molecule has 0 spiro atoms. The molecule has 0 bridgehead atoms. The normalized spacial score (nSPS) is 13.7. The number of hydrogen-bond acceptors (Lipinski definition) is 30. The van der Waals surface area contributed by atoms with Crippen LogP contribution in [0.1, 0.15) is 91.1 Å². The van der Waals surface area contributed by atoms with Crippen LogP contribution in [0.15, 0.2) is 292 Å². The maximum Gasteiger partial charge on any atom is 0.407 e. The van der Waals surface area contributed by atoms with Crippen LogP contribution in [-0.2, 0) is 56.6 Å². The number of anilines is 6. The molecule has 0 unspecified atom stereocenters. The lowest BCUT2D eigenvalue weighted by Gasteiger charge is -2.19. The molecule has 13 aromatic rings. The van der Waals surface area contributed by atoms with Gasteiger partial charge in [-0.1, -0.05) is 182 Å². The third-order valence-electron chi connectivity index (χ3n) is 22.9. The molecule has 0 saturated heterocycles. The van der Waals surface area contributed by atoms with Crippen LogP contribution in [0.4, 0.5) is 39.4 Å². The molecular formula is C108H120N24O13. The quantitative estimate of drug-likeness (QED) is 0.0140. The molecule has 0 aliphatic carbocycles. The number of aromatic amines is 2. The van der Waals surface area contributed by atoms with Crippen molar-refractivity contribution in [3.63, 3.8) is 0 Å². The van der Waals surface area contributed by atoms with Crippen LogP contribution >= 0.6 is 0 Å². The van der Waals surface area contributed by atoms with Crippen LogP contribution < -0.4 is 51.6 Å². The first-order valence-electron chi connectivity index (χ1n) is 46.4. The molecule has 4 aliphatic heterocycles. The van der Waals surface area contributed by atoms with Crippen LogP contribution in [0.25, 0.3) is 46.6 Å². The van der Waals surface area contributed by atoms with Crippen LogP contribution in [0, 0.1) is 0 Å². The van der Waals surface area contributed by atoms with Crippen molar-refractivity contribution < 1.29 is 63.1 Å². The standard InChI is InChI=1S/C36H37N9O4.C22H23N3O2.C15H19N3O2.C13H14N6O.C10H13NO2.C7H6O.C5H8N2O/c1-44(28-15-12-25(13-16-28)20-29-34(46)45(2)30(41-29)17-14-24-6-4-3-5-7-24)18-19-48-36(47)38-21-26-8-10-27(11-9-26)22-49-33-31-32(40-23-39-31)42-35(37)43-33;1-24(14-15-26)19-11-8-18(9-12-19)16-20-22(27)25(2)21(23-20)13-10-17-6-4-3-5-7-17;1-11-16-14(15(20)18(11)3)10-12-4-6-13(7-5-12)17(2)8-9-19;14-5-8-1-3-9(4-2-8)6-20-12-10-11(17-7-16-10)18-13(15)19-12;1-11(6-7-12)10-4-2-9(8-13)3-5-10;8-6-7-4-2-1-3-5-7;1-4-6-3-5(8)7(4)2/h3-13,15-16,20,23H,14,17-19,21-22H2,1-2H3,(H,38,47)(H3,37,39,40,42,43);3-13,16,26H,14-15H2,1-2H3;4-7,10,19H,8-9H2,1-3H3;1-4,7H,5-6,14H2,(H3,15,16,17,18,19);2-5,8,12H,6-7H2,1H3;1-6H;3H2,1-2H3/b29-20-;13-10+,20-16-;14-10-;;;;. The monoisotopic (exact) mass is 1960 g/mol. The fourth-order valence-electron chi connectivity index (χ4n) is 14.0. The summed E-state index contributed by atoms with van der Waals surface area (Å²) in [6.07, 6.45) is 14.9. The molecule has 4 aromatic heterocycles. The van der Waals surface area contributed by atoms with Crippen LogP contribution in [0.3, 0.4) is 0 Å². The van der Waals surface area contributed by atoms with Crippen molar-refractivity contribution in [2.45, 2.75) is 53.0 Å². The number of aliphatic imine (C=N–C) groups is 4. The summed E-state index contributed by atoms with van der Waals surface area (Å²) in [5.41, 5.74) is 34.7. The molecule has 17 rings (SSSR count). The topological polar surface area (TPSA) is 482 Å². The number of imidazole rings is 2. The number of ether oxygens (including phenoxy) is 3. The van der Waals surface area contributed by atoms with E-state index in [2.05, 4.69) is 77.3 Å². The summed E-state index contributed by atoms with van der Waals surface area (Å²) in [5.74, 6) is 3.64. The Morgan fingerprint density at radius 2 is 0.834 bits per heavy atom. The van der Waals surface area contributed by atoms with Gasteiger partial charge in [0.25, 0.3) is 17.7 Å². The number of aryl methyl sites for hydroxylation is 1. The third-order valence-corrected chi connectivity index (χ3v) is 22.9. The van der Waals surface area contributed by atoms with Gasteiger partial charge in [-0.3, -0.25) is 48.5 Å². The summed E-state index contributed by atoms with van der Waals surface area (Å²) in [6, 6.07) is 75.4. The highest BCUT2D eigenvalue weighted by atomic mass is 16.5. The molecule has 8 heterocycles. The zero-order chi connectivity index (χ0) is 104. The summed E-state index contributed by atoms with van der Waals surface area (Å²) in [5, 5.41) is 29.4. The van der Waals surface area contributed by atoms with Gasteiger partial charge in [0.05, 0.1) is 39.0 Å². The SMILES string of the molecule is CC1=N/C(=C\c2ccc(N(C)CCO)cc2)C(=O)N1C.CC1=NCC(=O)N1C.CN(CCO)c1ccc(C=O)cc1.CN1C(=O)/C(=C/c2ccc(N(C)CCO)cc2)N=C1/C=C/c1ccccc1.CN1C(=O)/C(=C/c2ccc(N(C)CCOC(=O)NCc3ccc(COc4nc(N)nc5nc[nH]c45)cc3)cc2)N=C1CCc1ccccc1.NCc1ccc(COc2nc(N)nc3nc[nH]c23)cc1.O=Cc1ccccc1. The highest BCUT2D eigenvalue weighted by Gasteiger charge is 2.29. The van der Waals surface area contributed by atoms with Crippen molar-refractivity contribution in [1.82, 2.24) is 64.8 Å². The van der Waals surface area contributed by atoms with Crippen molar-refractivity contribution in [3.8, 4) is 11.8 Å². The first kappa shape index (κ1) is 108. The van der Waals surface area contributed by atoms with E-state index in [0.717, 1.165) is 103 Å². The molecule has 0 saturated carbocycles. The van der Waals surface area contributed by atoms with Gasteiger partial charge in [-0.05, 0) is 155 Å². The summed E-state index contributed by atoms with van der Waals surface area (Å²) in [6.45, 7) is 8.32. The second-order valence-electron chi connectivity index (χ2n) is 33.1. The van der Waals surface area contributed by atoms with Crippen LogP contribution in [0.2, 0.25) is 0 Å². The maximum atomic E-state index is 12.8. The molecule has 0 fully saturated rings. The number of fused-ring (bicyclic) bond motifs is 2. The summed E-state index contributed by atoms with van der Waals surface area (Å²) in [4.78, 5) is 142. The van der Waals surface area contributed by atoms with Gasteiger partial charge in [-0.2, -0.15) is 19.9 Å². The Hall–Kier alpha value is -17.6. The maximum absolute atomic E-state index is 12.8. The number of alkyl carbamates (subject to hydrolysis) is 1. The first-order valence-corrected chi connectivity index (χ1v) is 46.4. The van der Waals surface area contributed by atoms with E-state index in [1.165, 1.54) is 23.1 Å². The summed E-state index contributed by atoms with van der Waals surface area (Å²) in [7, 11) is 14.6. The molecule has 0 radical (unpaired) electrons. The third kappa shape index (κ3) is 32.5. The number of amidine groups is 4. The van der Waals surface area contributed by atoms with Gasteiger partial charge in [0, 0.05) is 129 Å². The number of aldehydes is 2. The molecule has 9 aromatic carbocycles. The van der Waals surface area contributed by atoms with Crippen LogP contribution in [-0.4, -0.2) is 256 Å².